The van der Waals surface area contributed by atoms with Crippen molar-refractivity contribution in [1.29, 1.82) is 0 Å². The Balaban J connectivity index is 1.16. The molecule has 2 amide bonds. The molecule has 7 rings (SSSR count). The number of imide groups is 1. The molecule has 210 valence electrons. The summed E-state index contributed by atoms with van der Waals surface area (Å²) in [5.41, 5.74) is 4.18. The lowest BCUT2D eigenvalue weighted by molar-refractivity contribution is -0.123. The Morgan fingerprint density at radius 2 is 1.57 bits per heavy atom. The Kier molecular flexibility index (Phi) is 6.54. The first-order valence-corrected chi connectivity index (χ1v) is 14.9. The van der Waals surface area contributed by atoms with Crippen LogP contribution in [0.15, 0.2) is 77.3 Å². The van der Waals surface area contributed by atoms with E-state index in [0.717, 1.165) is 29.3 Å². The van der Waals surface area contributed by atoms with Crippen molar-refractivity contribution in [2.75, 3.05) is 11.5 Å². The number of nitrogens with zero attached hydrogens (tertiary/aromatic N) is 2. The third-order valence-electron chi connectivity index (χ3n) is 9.05. The summed E-state index contributed by atoms with van der Waals surface area (Å²) in [6, 6.07) is 21.3. The van der Waals surface area contributed by atoms with Gasteiger partial charge in [0.05, 0.1) is 34.3 Å². The molecule has 2 saturated carbocycles. The summed E-state index contributed by atoms with van der Waals surface area (Å²) in [6.07, 6.45) is 3.06. The molecule has 2 aliphatic carbocycles. The summed E-state index contributed by atoms with van der Waals surface area (Å²) in [5, 5.41) is 0.590. The Hall–Kier alpha value is -4.17. The fourth-order valence-corrected chi connectivity index (χ4v) is 7.35. The molecule has 42 heavy (non-hydrogen) atoms. The lowest BCUT2D eigenvalue weighted by atomic mass is 9.81. The van der Waals surface area contributed by atoms with E-state index in [4.69, 9.17) is 9.72 Å². The van der Waals surface area contributed by atoms with Gasteiger partial charge in [0.15, 0.2) is 12.4 Å². The summed E-state index contributed by atoms with van der Waals surface area (Å²) in [4.78, 5) is 58.6. The average molecular weight is 624 g/mol. The molecular weight excluding hydrogens is 596 g/mol. The fourth-order valence-electron chi connectivity index (χ4n) is 6.99. The van der Waals surface area contributed by atoms with Gasteiger partial charge in [0.25, 0.3) is 0 Å². The third kappa shape index (κ3) is 4.45. The highest BCUT2D eigenvalue weighted by Gasteiger charge is 2.61. The second-order valence-corrected chi connectivity index (χ2v) is 12.4. The molecule has 4 aromatic rings. The lowest BCUT2D eigenvalue weighted by Gasteiger charge is -2.19. The number of pyridine rings is 1. The molecular formula is C34H27BrN2O5. The van der Waals surface area contributed by atoms with Crippen molar-refractivity contribution in [2.45, 2.75) is 26.2 Å². The first-order chi connectivity index (χ1) is 20.3. The molecule has 3 aliphatic rings. The Labute approximate surface area is 251 Å². The normalized spacial score (nSPS) is 22.6. The first kappa shape index (κ1) is 26.7. The Morgan fingerprint density at radius 3 is 2.24 bits per heavy atom. The minimum absolute atomic E-state index is 0.0791. The molecule has 2 bridgehead atoms. The van der Waals surface area contributed by atoms with Gasteiger partial charge in [-0.15, -0.1) is 0 Å². The third-order valence-corrected chi connectivity index (χ3v) is 9.54. The van der Waals surface area contributed by atoms with Gasteiger partial charge >= 0.3 is 5.97 Å². The van der Waals surface area contributed by atoms with E-state index in [1.165, 1.54) is 4.90 Å². The standard InChI is InChI=1S/C34H27BrN2O5/c1-18-2-4-20(5-3-18)29(38)17-42-34(41)26-16-28(36-27-13-10-23(35)15-25(26)27)19-8-11-24(12-9-19)37-32(39)30-21-6-7-22(14-21)31(30)33(37)40/h2-5,8-13,15-16,21-22,30-31H,6-7,14,17H2,1H3. The maximum absolute atomic E-state index is 13.3. The molecule has 1 saturated heterocycles. The molecule has 4 unspecified atom stereocenters. The van der Waals surface area contributed by atoms with E-state index in [1.807, 2.05) is 37.3 Å². The zero-order chi connectivity index (χ0) is 29.1. The fraction of sp³-hybridized carbons (Fsp3) is 0.265. The van der Waals surface area contributed by atoms with Crippen molar-refractivity contribution in [1.82, 2.24) is 4.98 Å². The van der Waals surface area contributed by atoms with Crippen LogP contribution < -0.4 is 4.90 Å². The van der Waals surface area contributed by atoms with Gasteiger partial charge in [0.1, 0.15) is 0 Å². The first-order valence-electron chi connectivity index (χ1n) is 14.1. The topological polar surface area (TPSA) is 93.6 Å². The van der Waals surface area contributed by atoms with Crippen LogP contribution in [0.2, 0.25) is 0 Å². The number of benzene rings is 3. The predicted octanol–water partition coefficient (Wildman–Crippen LogP) is 6.55. The molecule has 8 heteroatoms. The minimum atomic E-state index is -0.631. The van der Waals surface area contributed by atoms with Gasteiger partial charge < -0.3 is 4.74 Å². The molecule has 0 N–H and O–H groups in total. The van der Waals surface area contributed by atoms with Gasteiger partial charge in [-0.05, 0) is 74.4 Å². The Bertz CT molecular complexity index is 1750. The highest BCUT2D eigenvalue weighted by Crippen LogP contribution is 2.56. The highest BCUT2D eigenvalue weighted by molar-refractivity contribution is 9.10. The number of amides is 2. The number of carbonyl (C=O) groups excluding carboxylic acids is 4. The quantitative estimate of drug-likeness (QED) is 0.138. The zero-order valence-electron chi connectivity index (χ0n) is 22.9. The number of hydrogen-bond donors (Lipinski definition) is 0. The van der Waals surface area contributed by atoms with Gasteiger partial charge in [0, 0.05) is 21.0 Å². The summed E-state index contributed by atoms with van der Waals surface area (Å²) in [6.45, 7) is 1.55. The van der Waals surface area contributed by atoms with E-state index in [9.17, 15) is 19.2 Å². The van der Waals surface area contributed by atoms with Gasteiger partial charge in [-0.1, -0.05) is 57.9 Å². The second-order valence-electron chi connectivity index (χ2n) is 11.5. The number of aromatic nitrogens is 1. The molecule has 2 heterocycles. The molecule has 1 aliphatic heterocycles. The number of aryl methyl sites for hydroxylation is 1. The number of ether oxygens (including phenoxy) is 1. The monoisotopic (exact) mass is 622 g/mol. The molecule has 0 spiro atoms. The van der Waals surface area contributed by atoms with Crippen LogP contribution in [-0.4, -0.2) is 35.2 Å². The van der Waals surface area contributed by atoms with Crippen molar-refractivity contribution in [2.24, 2.45) is 23.7 Å². The summed E-state index contributed by atoms with van der Waals surface area (Å²) >= 11 is 3.46. The van der Waals surface area contributed by atoms with Gasteiger partial charge in [-0.3, -0.25) is 19.3 Å². The maximum Gasteiger partial charge on any atom is 0.339 e. The predicted molar refractivity (Wildman–Crippen MR) is 161 cm³/mol. The van der Waals surface area contributed by atoms with Crippen LogP contribution in [0.4, 0.5) is 5.69 Å². The summed E-state index contributed by atoms with van der Waals surface area (Å²) in [5.74, 6) is -0.780. The number of Topliss-reactive ketones (excluding diaryl/α,β-unsaturated/α-hetero) is 1. The van der Waals surface area contributed by atoms with E-state index < -0.39 is 5.97 Å². The largest absolute Gasteiger partial charge is 0.454 e. The number of ketones is 1. The maximum atomic E-state index is 13.3. The molecule has 7 nitrogen and oxygen atoms in total. The van der Waals surface area contributed by atoms with Crippen LogP contribution >= 0.6 is 15.9 Å². The van der Waals surface area contributed by atoms with Crippen LogP contribution in [0, 0.1) is 30.6 Å². The molecule has 1 aromatic heterocycles. The number of fused-ring (bicyclic) bond motifs is 6. The Morgan fingerprint density at radius 1 is 0.905 bits per heavy atom. The van der Waals surface area contributed by atoms with E-state index in [1.54, 1.807) is 42.5 Å². The van der Waals surface area contributed by atoms with Crippen molar-refractivity contribution in [3.05, 3.63) is 94.0 Å². The van der Waals surface area contributed by atoms with Gasteiger partial charge in [-0.25, -0.2) is 9.78 Å². The van der Waals surface area contributed by atoms with E-state index in [2.05, 4.69) is 15.9 Å². The van der Waals surface area contributed by atoms with Crippen molar-refractivity contribution < 1.29 is 23.9 Å². The van der Waals surface area contributed by atoms with E-state index >= 15 is 0 Å². The molecule has 3 fully saturated rings. The number of halogens is 1. The smallest absolute Gasteiger partial charge is 0.339 e. The number of anilines is 1. The van der Waals surface area contributed by atoms with Crippen LogP contribution in [0.1, 0.15) is 45.5 Å². The van der Waals surface area contributed by atoms with Crippen LogP contribution in [0.3, 0.4) is 0 Å². The van der Waals surface area contributed by atoms with Crippen molar-refractivity contribution in [3.63, 3.8) is 0 Å². The van der Waals surface area contributed by atoms with Gasteiger partial charge in [-0.2, -0.15) is 0 Å². The molecule has 4 atom stereocenters. The number of hydrogen-bond acceptors (Lipinski definition) is 6. The zero-order valence-corrected chi connectivity index (χ0v) is 24.5. The SMILES string of the molecule is Cc1ccc(C(=O)COC(=O)c2cc(-c3ccc(N4C(=O)C5C6CCC(C6)C5C4=O)cc3)nc3ccc(Br)cc23)cc1. The van der Waals surface area contributed by atoms with Crippen LogP contribution in [-0.2, 0) is 14.3 Å². The number of esters is 1. The van der Waals surface area contributed by atoms with Gasteiger partial charge in [0.2, 0.25) is 11.8 Å². The van der Waals surface area contributed by atoms with Crippen LogP contribution in [0.5, 0.6) is 0 Å². The number of rotatable bonds is 6. The highest BCUT2D eigenvalue weighted by atomic mass is 79.9. The molecule has 0 radical (unpaired) electrons. The van der Waals surface area contributed by atoms with Crippen LogP contribution in [0.25, 0.3) is 22.2 Å². The summed E-state index contributed by atoms with van der Waals surface area (Å²) < 4.78 is 6.24. The van der Waals surface area contributed by atoms with Crippen molar-refractivity contribution >= 4 is 56.1 Å². The minimum Gasteiger partial charge on any atom is -0.454 e. The summed E-state index contributed by atoms with van der Waals surface area (Å²) in [7, 11) is 0. The lowest BCUT2D eigenvalue weighted by Crippen LogP contribution is -2.32. The second kappa shape index (κ2) is 10.3. The van der Waals surface area contributed by atoms with E-state index in [0.29, 0.717) is 45.2 Å². The molecule has 3 aromatic carbocycles. The average Bonchev–Trinajstić information content (AvgIpc) is 3.69. The number of carbonyl (C=O) groups is 4. The van der Waals surface area contributed by atoms with E-state index in [-0.39, 0.29) is 41.6 Å². The van der Waals surface area contributed by atoms with Crippen molar-refractivity contribution in [3.8, 4) is 11.3 Å².